The third kappa shape index (κ3) is 5.29. The van der Waals surface area contributed by atoms with Crippen LogP contribution in [0.3, 0.4) is 0 Å². The van der Waals surface area contributed by atoms with Crippen molar-refractivity contribution in [1.82, 2.24) is 9.78 Å². The normalized spacial score (nSPS) is 10.6. The molecule has 0 bridgehead atoms. The van der Waals surface area contributed by atoms with E-state index in [0.29, 0.717) is 17.3 Å². The smallest absolute Gasteiger partial charge is 0.361 e. The summed E-state index contributed by atoms with van der Waals surface area (Å²) < 4.78 is 6.91. The summed E-state index contributed by atoms with van der Waals surface area (Å²) in [6, 6.07) is 8.03. The predicted molar refractivity (Wildman–Crippen MR) is 104 cm³/mol. The van der Waals surface area contributed by atoms with Crippen molar-refractivity contribution in [2.24, 2.45) is 0 Å². The Balaban J connectivity index is 2.10. The Morgan fingerprint density at radius 3 is 2.48 bits per heavy atom. The highest BCUT2D eigenvalue weighted by atomic mass is 32.1. The van der Waals surface area contributed by atoms with E-state index in [4.69, 9.17) is 17.0 Å². The van der Waals surface area contributed by atoms with Gasteiger partial charge in [0, 0.05) is 18.4 Å². The maximum atomic E-state index is 12.2. The molecule has 7 heteroatoms. The lowest BCUT2D eigenvalue weighted by atomic mass is 10.1. The van der Waals surface area contributed by atoms with Gasteiger partial charge in [-0.15, -0.1) is 0 Å². The van der Waals surface area contributed by atoms with Gasteiger partial charge in [0.25, 0.3) is 0 Å². The maximum Gasteiger partial charge on any atom is 0.361 e. The van der Waals surface area contributed by atoms with Gasteiger partial charge in [0.15, 0.2) is 10.8 Å². The minimum Gasteiger partial charge on any atom is -0.458 e. The Labute approximate surface area is 153 Å². The summed E-state index contributed by atoms with van der Waals surface area (Å²) in [7, 11) is 0. The quantitative estimate of drug-likeness (QED) is 0.603. The van der Waals surface area contributed by atoms with Crippen molar-refractivity contribution in [3.05, 3.63) is 41.7 Å². The molecule has 0 saturated heterocycles. The lowest BCUT2D eigenvalue weighted by Gasteiger charge is -2.11. The van der Waals surface area contributed by atoms with Gasteiger partial charge < -0.3 is 15.4 Å². The average Bonchev–Trinajstić information content (AvgIpc) is 2.98. The number of benzene rings is 1. The average molecular weight is 360 g/mol. The molecule has 0 aliphatic heterocycles. The van der Waals surface area contributed by atoms with Crippen LogP contribution in [0.1, 0.15) is 43.7 Å². The number of aryl methyl sites for hydroxylation is 2. The highest BCUT2D eigenvalue weighted by Crippen LogP contribution is 2.17. The first-order chi connectivity index (χ1) is 11.9. The number of ether oxygens (including phenoxy) is 1. The number of carbonyl (C=O) groups is 1. The van der Waals surface area contributed by atoms with Crippen molar-refractivity contribution >= 4 is 34.7 Å². The van der Waals surface area contributed by atoms with E-state index < -0.39 is 5.97 Å². The largest absolute Gasteiger partial charge is 0.458 e. The Morgan fingerprint density at radius 1 is 1.24 bits per heavy atom. The number of hydrogen-bond donors (Lipinski definition) is 2. The van der Waals surface area contributed by atoms with Crippen LogP contribution in [0, 0.1) is 0 Å². The Kier molecular flexibility index (Phi) is 6.52. The van der Waals surface area contributed by atoms with E-state index in [1.54, 1.807) is 24.7 Å². The van der Waals surface area contributed by atoms with Crippen molar-refractivity contribution in [3.63, 3.8) is 0 Å². The van der Waals surface area contributed by atoms with Crippen molar-refractivity contribution in [2.45, 2.75) is 46.8 Å². The lowest BCUT2D eigenvalue weighted by Crippen LogP contribution is -2.21. The van der Waals surface area contributed by atoms with Crippen molar-refractivity contribution in [1.29, 1.82) is 0 Å². The van der Waals surface area contributed by atoms with Crippen LogP contribution in [0.2, 0.25) is 0 Å². The molecule has 0 spiro atoms. The topological polar surface area (TPSA) is 68.2 Å². The van der Waals surface area contributed by atoms with Crippen LogP contribution in [0.15, 0.2) is 30.5 Å². The number of nitrogens with zero attached hydrogens (tertiary/aromatic N) is 2. The molecule has 2 rings (SSSR count). The zero-order valence-electron chi connectivity index (χ0n) is 15.0. The Morgan fingerprint density at radius 2 is 1.92 bits per heavy atom. The molecule has 2 N–H and O–H groups in total. The predicted octanol–water partition coefficient (Wildman–Crippen LogP) is 3.84. The molecule has 25 heavy (non-hydrogen) atoms. The monoisotopic (exact) mass is 360 g/mol. The van der Waals surface area contributed by atoms with E-state index in [1.165, 1.54) is 5.56 Å². The van der Waals surface area contributed by atoms with Crippen molar-refractivity contribution < 1.29 is 9.53 Å². The molecule has 0 unspecified atom stereocenters. The molecule has 134 valence electrons. The summed E-state index contributed by atoms with van der Waals surface area (Å²) in [6.45, 7) is 8.29. The number of aromatic nitrogens is 2. The summed E-state index contributed by atoms with van der Waals surface area (Å²) in [5.41, 5.74) is 2.88. The van der Waals surface area contributed by atoms with Crippen LogP contribution < -0.4 is 10.6 Å². The van der Waals surface area contributed by atoms with Crippen LogP contribution in [-0.4, -0.2) is 27.0 Å². The summed E-state index contributed by atoms with van der Waals surface area (Å²) in [5, 5.41) is 10.8. The molecule has 6 nitrogen and oxygen atoms in total. The molecule has 0 atom stereocenters. The van der Waals surface area contributed by atoms with Gasteiger partial charge in [-0.2, -0.15) is 5.10 Å². The third-order valence-electron chi connectivity index (χ3n) is 3.49. The van der Waals surface area contributed by atoms with Crippen molar-refractivity contribution in [3.8, 4) is 0 Å². The van der Waals surface area contributed by atoms with Crippen LogP contribution in [0.25, 0.3) is 0 Å². The second-order valence-electron chi connectivity index (χ2n) is 5.83. The number of nitrogens with one attached hydrogen (secondary N) is 2. The molecule has 0 amide bonds. The molecule has 0 saturated carbocycles. The Hall–Kier alpha value is -2.41. The molecule has 2 aromatic rings. The zero-order valence-corrected chi connectivity index (χ0v) is 15.8. The van der Waals surface area contributed by atoms with Crippen LogP contribution in [0.4, 0.5) is 11.4 Å². The number of hydrogen-bond acceptors (Lipinski definition) is 4. The van der Waals surface area contributed by atoms with E-state index >= 15 is 0 Å². The maximum absolute atomic E-state index is 12.2. The van der Waals surface area contributed by atoms with E-state index in [9.17, 15) is 4.79 Å². The molecule has 0 radical (unpaired) electrons. The fraction of sp³-hybridized carbons (Fsp3) is 0.389. The van der Waals surface area contributed by atoms with E-state index in [1.807, 2.05) is 31.2 Å². The van der Waals surface area contributed by atoms with Gasteiger partial charge in [0.1, 0.15) is 0 Å². The van der Waals surface area contributed by atoms with Crippen LogP contribution >= 0.6 is 12.2 Å². The lowest BCUT2D eigenvalue weighted by molar-refractivity contribution is 0.0371. The molecule has 0 fully saturated rings. The van der Waals surface area contributed by atoms with Crippen LogP contribution in [0.5, 0.6) is 0 Å². The molecule has 1 aromatic carbocycles. The summed E-state index contributed by atoms with van der Waals surface area (Å²) in [4.78, 5) is 12.2. The van der Waals surface area contributed by atoms with E-state index in [-0.39, 0.29) is 11.8 Å². The van der Waals surface area contributed by atoms with Gasteiger partial charge in [0.05, 0.1) is 11.8 Å². The Bertz CT molecular complexity index is 738. The second-order valence-corrected chi connectivity index (χ2v) is 6.24. The van der Waals surface area contributed by atoms with E-state index in [0.717, 1.165) is 12.1 Å². The highest BCUT2D eigenvalue weighted by Gasteiger charge is 2.20. The van der Waals surface area contributed by atoms with Gasteiger partial charge in [-0.05, 0) is 57.1 Å². The fourth-order valence-corrected chi connectivity index (χ4v) is 2.43. The van der Waals surface area contributed by atoms with Crippen LogP contribution in [-0.2, 0) is 17.7 Å². The summed E-state index contributed by atoms with van der Waals surface area (Å²) in [5.74, 6) is -0.472. The van der Waals surface area contributed by atoms with Gasteiger partial charge in [-0.3, -0.25) is 4.68 Å². The number of anilines is 2. The summed E-state index contributed by atoms with van der Waals surface area (Å²) >= 11 is 5.35. The molecular formula is C18H24N4O2S. The van der Waals surface area contributed by atoms with E-state index in [2.05, 4.69) is 22.7 Å². The number of esters is 1. The van der Waals surface area contributed by atoms with Gasteiger partial charge in [0.2, 0.25) is 0 Å². The standard InChI is InChI=1S/C18H24N4O2S/c1-5-13-7-9-14(10-8-13)19-18(25)20-15-11-22(6-2)21-16(15)17(23)24-12(3)4/h7-12H,5-6H2,1-4H3,(H2,19,20,25). The van der Waals surface area contributed by atoms with Gasteiger partial charge in [-0.25, -0.2) is 4.79 Å². The zero-order chi connectivity index (χ0) is 18.4. The molecular weight excluding hydrogens is 336 g/mol. The van der Waals surface area contributed by atoms with Gasteiger partial charge in [-0.1, -0.05) is 19.1 Å². The molecule has 1 heterocycles. The molecule has 0 aliphatic rings. The molecule has 1 aromatic heterocycles. The number of thiocarbonyl (C=S) groups is 1. The fourth-order valence-electron chi connectivity index (χ4n) is 2.20. The second kappa shape index (κ2) is 8.62. The highest BCUT2D eigenvalue weighted by molar-refractivity contribution is 7.80. The van der Waals surface area contributed by atoms with Crippen molar-refractivity contribution in [2.75, 3.05) is 10.6 Å². The SMILES string of the molecule is CCc1ccc(NC(=S)Nc2cn(CC)nc2C(=O)OC(C)C)cc1. The van der Waals surface area contributed by atoms with Gasteiger partial charge >= 0.3 is 5.97 Å². The minimum atomic E-state index is -0.472. The summed E-state index contributed by atoms with van der Waals surface area (Å²) in [6.07, 6.45) is 2.51. The third-order valence-corrected chi connectivity index (χ3v) is 3.69. The number of carbonyl (C=O) groups excluding carboxylic acids is 1. The first kappa shape index (κ1) is 18.9. The number of rotatable bonds is 6. The first-order valence-electron chi connectivity index (χ1n) is 8.38. The first-order valence-corrected chi connectivity index (χ1v) is 8.79. The minimum absolute atomic E-state index is 0.214. The molecule has 0 aliphatic carbocycles.